The van der Waals surface area contributed by atoms with Crippen LogP contribution in [-0.4, -0.2) is 44.4 Å². The molecule has 0 spiro atoms. The minimum Gasteiger partial charge on any atom is -0.303 e. The summed E-state index contributed by atoms with van der Waals surface area (Å²) < 4.78 is 27.1. The van der Waals surface area contributed by atoms with Gasteiger partial charge in [-0.25, -0.2) is 13.1 Å². The predicted octanol–water partition coefficient (Wildman–Crippen LogP) is 2.45. The van der Waals surface area contributed by atoms with Crippen LogP contribution >= 0.6 is 0 Å². The van der Waals surface area contributed by atoms with Gasteiger partial charge in [-0.3, -0.25) is 10.1 Å². The molecule has 1 N–H and O–H groups in total. The van der Waals surface area contributed by atoms with E-state index < -0.39 is 14.9 Å². The predicted molar refractivity (Wildman–Crippen MR) is 92.5 cm³/mol. The van der Waals surface area contributed by atoms with Gasteiger partial charge in [0.2, 0.25) is 10.0 Å². The second-order valence-electron chi connectivity index (χ2n) is 6.21. The summed E-state index contributed by atoms with van der Waals surface area (Å²) in [5, 5.41) is 10.9. The van der Waals surface area contributed by atoms with Gasteiger partial charge in [0.05, 0.1) is 9.82 Å². The maximum Gasteiger partial charge on any atom is 0.273 e. The molecule has 1 aliphatic rings. The maximum atomic E-state index is 12.3. The zero-order valence-electron chi connectivity index (χ0n) is 14.0. The van der Waals surface area contributed by atoms with Crippen LogP contribution in [0.25, 0.3) is 0 Å². The highest BCUT2D eigenvalue weighted by Gasteiger charge is 2.19. The summed E-state index contributed by atoms with van der Waals surface area (Å²) in [6, 6.07) is 3.98. The van der Waals surface area contributed by atoms with Gasteiger partial charge < -0.3 is 4.90 Å². The van der Waals surface area contributed by atoms with Gasteiger partial charge in [-0.1, -0.05) is 18.9 Å². The Bertz CT molecular complexity index is 668. The fourth-order valence-electron chi connectivity index (χ4n) is 2.91. The molecular weight excluding hydrogens is 330 g/mol. The molecule has 1 fully saturated rings. The van der Waals surface area contributed by atoms with Crippen LogP contribution in [0.5, 0.6) is 0 Å². The fraction of sp³-hybridized carbons (Fsp3) is 0.625. The topological polar surface area (TPSA) is 92.6 Å². The van der Waals surface area contributed by atoms with Crippen LogP contribution in [0, 0.1) is 17.0 Å². The number of sulfonamides is 1. The average Bonchev–Trinajstić information content (AvgIpc) is 2.80. The Morgan fingerprint density at radius 1 is 1.21 bits per heavy atom. The summed E-state index contributed by atoms with van der Waals surface area (Å²) in [4.78, 5) is 12.7. The van der Waals surface area contributed by atoms with E-state index in [0.717, 1.165) is 32.1 Å². The molecule has 0 unspecified atom stereocenters. The molecule has 0 aliphatic carbocycles. The van der Waals surface area contributed by atoms with Crippen molar-refractivity contribution in [3.63, 3.8) is 0 Å². The summed E-state index contributed by atoms with van der Waals surface area (Å²) in [6.45, 7) is 4.95. The lowest BCUT2D eigenvalue weighted by Crippen LogP contribution is -2.30. The quantitative estimate of drug-likeness (QED) is 0.461. The van der Waals surface area contributed by atoms with Crippen molar-refractivity contribution in [3.8, 4) is 0 Å². The first-order valence-electron chi connectivity index (χ1n) is 8.37. The van der Waals surface area contributed by atoms with Crippen LogP contribution in [0.2, 0.25) is 0 Å². The van der Waals surface area contributed by atoms with Gasteiger partial charge in [-0.2, -0.15) is 0 Å². The molecule has 24 heavy (non-hydrogen) atoms. The van der Waals surface area contributed by atoms with E-state index >= 15 is 0 Å². The molecule has 1 aromatic carbocycles. The van der Waals surface area contributed by atoms with E-state index in [1.165, 1.54) is 37.8 Å². The standard InChI is InChI=1S/C16H25N3O4S/c1-14-7-8-15(13-16(14)19(20)21)24(22,23)17-9-6-12-18-10-4-2-3-5-11-18/h7-8,13,17H,2-6,9-12H2,1H3. The molecule has 0 radical (unpaired) electrons. The number of nitrogens with one attached hydrogen (secondary N) is 1. The number of rotatable bonds is 7. The fourth-order valence-corrected chi connectivity index (χ4v) is 4.00. The molecule has 0 aromatic heterocycles. The molecule has 7 nitrogen and oxygen atoms in total. The Morgan fingerprint density at radius 2 is 1.88 bits per heavy atom. The highest BCUT2D eigenvalue weighted by atomic mass is 32.2. The Hall–Kier alpha value is -1.51. The average molecular weight is 355 g/mol. The van der Waals surface area contributed by atoms with Crippen molar-refractivity contribution < 1.29 is 13.3 Å². The van der Waals surface area contributed by atoms with Crippen molar-refractivity contribution in [1.82, 2.24) is 9.62 Å². The Morgan fingerprint density at radius 3 is 2.50 bits per heavy atom. The first-order valence-corrected chi connectivity index (χ1v) is 9.85. The first-order chi connectivity index (χ1) is 11.4. The number of hydrogen-bond acceptors (Lipinski definition) is 5. The smallest absolute Gasteiger partial charge is 0.273 e. The number of likely N-dealkylation sites (tertiary alicyclic amines) is 1. The third-order valence-electron chi connectivity index (χ3n) is 4.33. The van der Waals surface area contributed by atoms with Crippen molar-refractivity contribution in [1.29, 1.82) is 0 Å². The number of nitrogens with zero attached hydrogens (tertiary/aromatic N) is 2. The largest absolute Gasteiger partial charge is 0.303 e. The molecule has 134 valence electrons. The zero-order chi connectivity index (χ0) is 17.6. The lowest BCUT2D eigenvalue weighted by molar-refractivity contribution is -0.385. The minimum atomic E-state index is -3.72. The third-order valence-corrected chi connectivity index (χ3v) is 5.79. The van der Waals surface area contributed by atoms with E-state index in [1.807, 2.05) is 0 Å². The molecule has 1 heterocycles. The Balaban J connectivity index is 1.89. The molecule has 0 amide bonds. The maximum absolute atomic E-state index is 12.3. The van der Waals surface area contributed by atoms with Gasteiger partial charge in [0.1, 0.15) is 0 Å². The summed E-state index contributed by atoms with van der Waals surface area (Å²) in [7, 11) is -3.72. The van der Waals surface area contributed by atoms with E-state index in [2.05, 4.69) is 9.62 Å². The van der Waals surface area contributed by atoms with Crippen LogP contribution < -0.4 is 4.72 Å². The summed E-state index contributed by atoms with van der Waals surface area (Å²) in [5.41, 5.74) is 0.266. The second-order valence-corrected chi connectivity index (χ2v) is 7.98. The highest BCUT2D eigenvalue weighted by molar-refractivity contribution is 7.89. The summed E-state index contributed by atoms with van der Waals surface area (Å²) in [5.74, 6) is 0. The van der Waals surface area contributed by atoms with Gasteiger partial charge in [0.15, 0.2) is 0 Å². The van der Waals surface area contributed by atoms with E-state index in [0.29, 0.717) is 12.1 Å². The van der Waals surface area contributed by atoms with Gasteiger partial charge in [-0.15, -0.1) is 0 Å². The second kappa shape index (κ2) is 8.55. The van der Waals surface area contributed by atoms with Crippen molar-refractivity contribution in [3.05, 3.63) is 33.9 Å². The van der Waals surface area contributed by atoms with Gasteiger partial charge in [0.25, 0.3) is 5.69 Å². The van der Waals surface area contributed by atoms with Crippen molar-refractivity contribution >= 4 is 15.7 Å². The molecule has 1 aliphatic heterocycles. The number of nitro benzene ring substituents is 1. The normalized spacial score (nSPS) is 16.7. The van der Waals surface area contributed by atoms with Crippen molar-refractivity contribution in [2.24, 2.45) is 0 Å². The molecule has 0 bridgehead atoms. The van der Waals surface area contributed by atoms with Gasteiger partial charge >= 0.3 is 0 Å². The van der Waals surface area contributed by atoms with E-state index in [-0.39, 0.29) is 10.6 Å². The number of benzene rings is 1. The SMILES string of the molecule is Cc1ccc(S(=O)(=O)NCCCN2CCCCCC2)cc1[N+](=O)[O-]. The van der Waals surface area contributed by atoms with Gasteiger partial charge in [0, 0.05) is 18.2 Å². The van der Waals surface area contributed by atoms with Crippen LogP contribution in [0.4, 0.5) is 5.69 Å². The highest BCUT2D eigenvalue weighted by Crippen LogP contribution is 2.22. The van der Waals surface area contributed by atoms with Crippen LogP contribution in [0.15, 0.2) is 23.1 Å². The number of aryl methyl sites for hydroxylation is 1. The third kappa shape index (κ3) is 5.25. The molecule has 8 heteroatoms. The van der Waals surface area contributed by atoms with Crippen LogP contribution in [0.1, 0.15) is 37.7 Å². The van der Waals surface area contributed by atoms with Crippen molar-refractivity contribution in [2.45, 2.75) is 43.9 Å². The molecule has 2 rings (SSSR count). The number of hydrogen-bond donors (Lipinski definition) is 1. The summed E-state index contributed by atoms with van der Waals surface area (Å²) >= 11 is 0. The zero-order valence-corrected chi connectivity index (χ0v) is 14.8. The minimum absolute atomic E-state index is 0.0606. The van der Waals surface area contributed by atoms with E-state index in [9.17, 15) is 18.5 Å². The first kappa shape index (κ1) is 18.8. The van der Waals surface area contributed by atoms with Crippen molar-refractivity contribution in [2.75, 3.05) is 26.2 Å². The van der Waals surface area contributed by atoms with E-state index in [1.54, 1.807) is 6.92 Å². The van der Waals surface area contributed by atoms with E-state index in [4.69, 9.17) is 0 Å². The molecule has 0 saturated carbocycles. The Kier molecular flexibility index (Phi) is 6.70. The molecular formula is C16H25N3O4S. The lowest BCUT2D eigenvalue weighted by Gasteiger charge is -2.19. The van der Waals surface area contributed by atoms with Crippen LogP contribution in [0.3, 0.4) is 0 Å². The Labute approximate surface area is 143 Å². The van der Waals surface area contributed by atoms with Crippen LogP contribution in [-0.2, 0) is 10.0 Å². The summed E-state index contributed by atoms with van der Waals surface area (Å²) in [6.07, 6.45) is 5.69. The molecule has 1 aromatic rings. The molecule has 0 atom stereocenters. The van der Waals surface area contributed by atoms with Gasteiger partial charge in [-0.05, 0) is 51.9 Å². The molecule has 1 saturated heterocycles. The lowest BCUT2D eigenvalue weighted by atomic mass is 10.2. The number of nitro groups is 1. The monoisotopic (exact) mass is 355 g/mol.